The number of hydrogen-bond donors (Lipinski definition) is 3. The highest BCUT2D eigenvalue weighted by molar-refractivity contribution is 5.44. The van der Waals surface area contributed by atoms with Crippen LogP contribution in [0.5, 0.6) is 5.75 Å². The number of nitrogens with zero attached hydrogens (tertiary/aromatic N) is 3. The van der Waals surface area contributed by atoms with Crippen LogP contribution in [0.1, 0.15) is 40.8 Å². The highest BCUT2D eigenvalue weighted by Crippen LogP contribution is 2.23. The number of rotatable bonds is 9. The van der Waals surface area contributed by atoms with Gasteiger partial charge in [0.05, 0.1) is 24.0 Å². The molecule has 2 aromatic carbocycles. The Morgan fingerprint density at radius 1 is 1.16 bits per heavy atom. The summed E-state index contributed by atoms with van der Waals surface area (Å²) in [5, 5.41) is 22.2. The average molecular weight is 500 g/mol. The van der Waals surface area contributed by atoms with E-state index in [1.807, 2.05) is 36.4 Å². The van der Waals surface area contributed by atoms with Gasteiger partial charge in [0, 0.05) is 55.7 Å². The van der Waals surface area contributed by atoms with Crippen LogP contribution >= 0.6 is 0 Å². The molecule has 0 radical (unpaired) electrons. The van der Waals surface area contributed by atoms with Crippen molar-refractivity contribution in [2.45, 2.75) is 31.8 Å². The molecule has 1 saturated heterocycles. The van der Waals surface area contributed by atoms with Crippen LogP contribution in [-0.4, -0.2) is 52.3 Å². The summed E-state index contributed by atoms with van der Waals surface area (Å²) in [6, 6.07) is 17.9. The van der Waals surface area contributed by atoms with Gasteiger partial charge in [0.25, 0.3) is 5.56 Å². The van der Waals surface area contributed by atoms with Crippen molar-refractivity contribution in [1.82, 2.24) is 20.2 Å². The molecule has 1 aliphatic heterocycles. The third-order valence-corrected chi connectivity index (χ3v) is 6.52. The fourth-order valence-corrected chi connectivity index (χ4v) is 4.23. The van der Waals surface area contributed by atoms with Crippen LogP contribution in [0.3, 0.4) is 0 Å². The molecular weight excluding hydrogens is 469 g/mol. The van der Waals surface area contributed by atoms with Gasteiger partial charge in [0.2, 0.25) is 5.75 Å². The molecule has 7 nitrogen and oxygen atoms in total. The molecule has 2 atom stereocenters. The van der Waals surface area contributed by atoms with Crippen molar-refractivity contribution in [3.8, 4) is 23.7 Å². The van der Waals surface area contributed by atoms with E-state index in [2.05, 4.69) is 50.2 Å². The monoisotopic (exact) mass is 499 g/mol. The van der Waals surface area contributed by atoms with Gasteiger partial charge < -0.3 is 15.4 Å². The lowest BCUT2D eigenvalue weighted by Crippen LogP contribution is -2.45. The second-order valence-electron chi connectivity index (χ2n) is 9.48. The summed E-state index contributed by atoms with van der Waals surface area (Å²) < 4.78 is 13.0. The maximum absolute atomic E-state index is 13.0. The van der Waals surface area contributed by atoms with Gasteiger partial charge in [0.15, 0.2) is 0 Å². The topological polar surface area (TPSA) is 105 Å². The third-order valence-electron chi connectivity index (χ3n) is 6.52. The molecule has 3 N–H and O–H groups in total. The molecule has 1 aromatic heterocycles. The van der Waals surface area contributed by atoms with Gasteiger partial charge in [-0.05, 0) is 42.3 Å². The fraction of sp³-hybridized carbons (Fsp3) is 0.345. The highest BCUT2D eigenvalue weighted by Gasteiger charge is 2.25. The molecule has 190 valence electrons. The lowest BCUT2D eigenvalue weighted by molar-refractivity contribution is 0.127. The summed E-state index contributed by atoms with van der Waals surface area (Å²) >= 11 is 0. The molecule has 2 heterocycles. The largest absolute Gasteiger partial charge is 0.502 e. The zero-order valence-electron chi connectivity index (χ0n) is 20.7. The smallest absolute Gasteiger partial charge is 0.293 e. The number of likely N-dealkylation sites (tertiary alicyclic amines) is 1. The minimum Gasteiger partial charge on any atom is -0.502 e. The second-order valence-corrected chi connectivity index (χ2v) is 9.48. The van der Waals surface area contributed by atoms with E-state index in [4.69, 9.17) is 5.26 Å². The van der Waals surface area contributed by atoms with E-state index in [1.54, 1.807) is 6.92 Å². The van der Waals surface area contributed by atoms with Gasteiger partial charge in [-0.2, -0.15) is 5.26 Å². The van der Waals surface area contributed by atoms with E-state index < -0.39 is 18.0 Å². The molecule has 0 amide bonds. The molecule has 0 saturated carbocycles. The van der Waals surface area contributed by atoms with Gasteiger partial charge >= 0.3 is 0 Å². The van der Waals surface area contributed by atoms with E-state index in [1.165, 1.54) is 11.9 Å². The van der Waals surface area contributed by atoms with Crippen molar-refractivity contribution in [2.75, 3.05) is 26.3 Å². The quantitative estimate of drug-likeness (QED) is 0.391. The summed E-state index contributed by atoms with van der Waals surface area (Å²) in [7, 11) is 0. The summed E-state index contributed by atoms with van der Waals surface area (Å²) in [5.74, 6) is 6.02. The SMILES string of the molecule is C[C@H](CF)NC[C@@H](Cc1nc[nH]c(=O)c1O)c1ccc(C#Cc2ccc(CN3CC(C#N)C3)cc2)cc1. The lowest BCUT2D eigenvalue weighted by atomic mass is 9.92. The molecule has 3 aromatic rings. The Morgan fingerprint density at radius 2 is 1.81 bits per heavy atom. The van der Waals surface area contributed by atoms with Gasteiger partial charge in [-0.25, -0.2) is 9.37 Å². The zero-order valence-corrected chi connectivity index (χ0v) is 20.7. The zero-order chi connectivity index (χ0) is 26.2. The van der Waals surface area contributed by atoms with Gasteiger partial charge in [0.1, 0.15) is 6.67 Å². The summed E-state index contributed by atoms with van der Waals surface area (Å²) in [4.78, 5) is 20.5. The van der Waals surface area contributed by atoms with E-state index in [9.17, 15) is 14.3 Å². The average Bonchev–Trinajstić information content (AvgIpc) is 2.90. The Balaban J connectivity index is 1.42. The number of nitrogens with one attached hydrogen (secondary N) is 2. The molecule has 1 aliphatic rings. The van der Waals surface area contributed by atoms with Crippen molar-refractivity contribution < 1.29 is 9.50 Å². The first-order valence-corrected chi connectivity index (χ1v) is 12.3. The molecule has 0 unspecified atom stereocenters. The van der Waals surface area contributed by atoms with Gasteiger partial charge in [-0.15, -0.1) is 0 Å². The number of aromatic amines is 1. The highest BCUT2D eigenvalue weighted by atomic mass is 19.1. The minimum atomic E-state index is -0.583. The van der Waals surface area contributed by atoms with E-state index in [0.29, 0.717) is 18.7 Å². The Hall–Kier alpha value is -3.98. The van der Waals surface area contributed by atoms with Crippen LogP contribution in [0, 0.1) is 29.1 Å². The Bertz CT molecular complexity index is 1350. The molecule has 1 fully saturated rings. The van der Waals surface area contributed by atoms with Crippen LogP contribution < -0.4 is 10.9 Å². The first-order valence-electron chi connectivity index (χ1n) is 12.3. The molecule has 4 rings (SSSR count). The van der Waals surface area contributed by atoms with Gasteiger partial charge in [-0.3, -0.25) is 9.69 Å². The Kier molecular flexibility index (Phi) is 8.68. The molecule has 0 aliphatic carbocycles. The fourth-order valence-electron chi connectivity index (χ4n) is 4.23. The van der Waals surface area contributed by atoms with Crippen LogP contribution in [0.2, 0.25) is 0 Å². The maximum atomic E-state index is 13.0. The second kappa shape index (κ2) is 12.3. The van der Waals surface area contributed by atoms with E-state index in [-0.39, 0.29) is 17.9 Å². The predicted molar refractivity (Wildman–Crippen MR) is 140 cm³/mol. The third kappa shape index (κ3) is 7.04. The van der Waals surface area contributed by atoms with Crippen molar-refractivity contribution in [3.63, 3.8) is 0 Å². The first kappa shape index (κ1) is 26.1. The number of benzene rings is 2. The lowest BCUT2D eigenvalue weighted by Gasteiger charge is -2.35. The minimum absolute atomic E-state index is 0.126. The van der Waals surface area contributed by atoms with Crippen molar-refractivity contribution in [3.05, 3.63) is 93.2 Å². The van der Waals surface area contributed by atoms with Crippen molar-refractivity contribution in [2.24, 2.45) is 5.92 Å². The molecule has 0 spiro atoms. The van der Waals surface area contributed by atoms with Crippen LogP contribution in [-0.2, 0) is 13.0 Å². The first-order chi connectivity index (χ1) is 17.9. The number of hydrogen-bond acceptors (Lipinski definition) is 6. The van der Waals surface area contributed by atoms with E-state index >= 15 is 0 Å². The van der Waals surface area contributed by atoms with Crippen LogP contribution in [0.4, 0.5) is 4.39 Å². The Labute approximate surface area is 216 Å². The normalized spacial score (nSPS) is 15.2. The maximum Gasteiger partial charge on any atom is 0.293 e. The number of H-pyrrole nitrogens is 1. The molecule has 0 bridgehead atoms. The Morgan fingerprint density at radius 3 is 2.43 bits per heavy atom. The summed E-state index contributed by atoms with van der Waals surface area (Å²) in [6.45, 7) is 4.25. The summed E-state index contributed by atoms with van der Waals surface area (Å²) in [6.07, 6.45) is 1.60. The predicted octanol–water partition coefficient (Wildman–Crippen LogP) is 3.10. The van der Waals surface area contributed by atoms with E-state index in [0.717, 1.165) is 36.3 Å². The number of nitriles is 1. The number of halogens is 1. The van der Waals surface area contributed by atoms with Crippen LogP contribution in [0.25, 0.3) is 0 Å². The summed E-state index contributed by atoms with van der Waals surface area (Å²) in [5.41, 5.74) is 3.67. The van der Waals surface area contributed by atoms with Crippen molar-refractivity contribution in [1.29, 1.82) is 5.26 Å². The molecular formula is C29H30FN5O2. The van der Waals surface area contributed by atoms with Crippen LogP contribution in [0.15, 0.2) is 59.7 Å². The van der Waals surface area contributed by atoms with Gasteiger partial charge in [-0.1, -0.05) is 36.1 Å². The van der Waals surface area contributed by atoms with Crippen molar-refractivity contribution >= 4 is 0 Å². The number of aromatic hydroxyl groups is 1. The number of aromatic nitrogens is 2. The standard InChI is InChI=1S/C29H30FN5O2/c1-20(13-30)32-15-26(12-27-28(36)29(37)34-19-33-27)25-10-8-22(9-11-25)3-2-21-4-6-23(7-5-21)16-35-17-24(14-31)18-35/h4-11,19-20,24,26,32,36H,12-13,15-18H2,1H3,(H,33,34,37)/t20-,26-/m1/s1. The molecule has 8 heteroatoms. The number of alkyl halides is 1. The molecule has 37 heavy (non-hydrogen) atoms.